The lowest BCUT2D eigenvalue weighted by Gasteiger charge is -2.17. The number of aromatic nitrogens is 1. The van der Waals surface area contributed by atoms with Crippen molar-refractivity contribution in [1.29, 1.82) is 0 Å². The lowest BCUT2D eigenvalue weighted by Crippen LogP contribution is -2.22. The van der Waals surface area contributed by atoms with Crippen LogP contribution in [0.3, 0.4) is 0 Å². The van der Waals surface area contributed by atoms with Crippen LogP contribution in [0.15, 0.2) is 16.5 Å². The normalized spacial score (nSPS) is 20.1. The van der Waals surface area contributed by atoms with E-state index in [9.17, 15) is 13.2 Å². The Morgan fingerprint density at radius 1 is 1.41 bits per heavy atom. The highest BCUT2D eigenvalue weighted by Gasteiger charge is 2.35. The van der Waals surface area contributed by atoms with E-state index in [0.717, 1.165) is 25.6 Å². The summed E-state index contributed by atoms with van der Waals surface area (Å²) >= 11 is 0. The van der Waals surface area contributed by atoms with Crippen LogP contribution in [0.25, 0.3) is 11.1 Å². The molecule has 1 saturated heterocycles. The van der Waals surface area contributed by atoms with Gasteiger partial charge in [0.1, 0.15) is 11.1 Å². The van der Waals surface area contributed by atoms with Crippen LogP contribution >= 0.6 is 0 Å². The molecule has 1 aliphatic rings. The Bertz CT molecular complexity index is 681. The van der Waals surface area contributed by atoms with Gasteiger partial charge in [0.15, 0.2) is 11.5 Å². The molecule has 1 aliphatic heterocycles. The summed E-state index contributed by atoms with van der Waals surface area (Å²) in [5.74, 6) is 0.235. The van der Waals surface area contributed by atoms with Crippen LogP contribution in [-0.2, 0) is 17.5 Å². The monoisotopic (exact) mass is 314 g/mol. The fourth-order valence-corrected chi connectivity index (χ4v) is 2.90. The van der Waals surface area contributed by atoms with Crippen molar-refractivity contribution >= 4 is 11.1 Å². The Balaban J connectivity index is 1.93. The lowest BCUT2D eigenvalue weighted by molar-refractivity contribution is -0.136. The van der Waals surface area contributed by atoms with Gasteiger partial charge >= 0.3 is 6.18 Å². The van der Waals surface area contributed by atoms with Crippen LogP contribution in [0.2, 0.25) is 0 Å². The molecule has 7 heteroatoms. The number of aryl methyl sites for hydroxylation is 1. The smallest absolute Gasteiger partial charge is 0.420 e. The van der Waals surface area contributed by atoms with Gasteiger partial charge in [-0.05, 0) is 24.1 Å². The lowest BCUT2D eigenvalue weighted by atomic mass is 10.1. The van der Waals surface area contributed by atoms with Crippen LogP contribution in [0, 0.1) is 6.92 Å². The average Bonchev–Trinajstić information content (AvgIpc) is 3.02. The van der Waals surface area contributed by atoms with E-state index in [2.05, 4.69) is 9.88 Å². The Kier molecular flexibility index (Phi) is 3.86. The largest absolute Gasteiger partial charge is 0.440 e. The van der Waals surface area contributed by atoms with Crippen LogP contribution in [0.1, 0.15) is 23.4 Å². The molecule has 0 saturated carbocycles. The fourth-order valence-electron chi connectivity index (χ4n) is 2.90. The summed E-state index contributed by atoms with van der Waals surface area (Å²) in [6, 6.07) is 2.83. The van der Waals surface area contributed by atoms with Gasteiger partial charge in [0.2, 0.25) is 0 Å². The van der Waals surface area contributed by atoms with Gasteiger partial charge in [-0.25, -0.2) is 4.98 Å². The number of methoxy groups -OCH3 is 1. The van der Waals surface area contributed by atoms with Crippen molar-refractivity contribution in [3.63, 3.8) is 0 Å². The molecule has 1 atom stereocenters. The van der Waals surface area contributed by atoms with Crippen LogP contribution in [0.4, 0.5) is 13.2 Å². The molecule has 0 aliphatic carbocycles. The number of rotatable bonds is 3. The first-order valence-electron chi connectivity index (χ1n) is 7.09. The number of ether oxygens (including phenoxy) is 1. The van der Waals surface area contributed by atoms with Crippen molar-refractivity contribution in [3.8, 4) is 0 Å². The predicted octanol–water partition coefficient (Wildman–Crippen LogP) is 3.38. The molecule has 0 amide bonds. The zero-order chi connectivity index (χ0) is 15.9. The third-order valence-electron chi connectivity index (χ3n) is 3.93. The number of fused-ring (bicyclic) bond motifs is 1. The molecule has 3 rings (SSSR count). The van der Waals surface area contributed by atoms with Crippen LogP contribution in [0.5, 0.6) is 0 Å². The minimum atomic E-state index is -4.46. The maximum absolute atomic E-state index is 13.2. The van der Waals surface area contributed by atoms with Gasteiger partial charge in [0.25, 0.3) is 0 Å². The van der Waals surface area contributed by atoms with Gasteiger partial charge in [0, 0.05) is 33.7 Å². The van der Waals surface area contributed by atoms with Gasteiger partial charge in [0.05, 0.1) is 6.10 Å². The molecule has 120 valence electrons. The summed E-state index contributed by atoms with van der Waals surface area (Å²) in [5.41, 5.74) is -0.109. The highest BCUT2D eigenvalue weighted by Crippen LogP contribution is 2.36. The highest BCUT2D eigenvalue weighted by atomic mass is 19.4. The number of benzene rings is 1. The standard InChI is InChI=1S/C15H17F3N2O2/c1-9-19-13-6-10(7-20-4-3-11(8-20)21-2)5-12(14(13)22-9)15(16,17)18/h5-6,11H,3-4,7-8H2,1-2H3/t11-/m1/s1. The Labute approximate surface area is 125 Å². The summed E-state index contributed by atoms with van der Waals surface area (Å²) in [4.78, 5) is 6.13. The molecule has 2 heterocycles. The minimum absolute atomic E-state index is 0.153. The third kappa shape index (κ3) is 2.96. The summed E-state index contributed by atoms with van der Waals surface area (Å²) in [6.07, 6.45) is -3.41. The van der Waals surface area contributed by atoms with Crippen molar-refractivity contribution in [2.24, 2.45) is 0 Å². The van der Waals surface area contributed by atoms with E-state index in [1.165, 1.54) is 0 Å². The van der Waals surface area contributed by atoms with Gasteiger partial charge in [-0.1, -0.05) is 0 Å². The quantitative estimate of drug-likeness (QED) is 0.870. The van der Waals surface area contributed by atoms with Crippen molar-refractivity contribution < 1.29 is 22.3 Å². The van der Waals surface area contributed by atoms with Crippen molar-refractivity contribution in [1.82, 2.24) is 9.88 Å². The maximum Gasteiger partial charge on any atom is 0.420 e. The number of oxazole rings is 1. The second kappa shape index (κ2) is 5.55. The van der Waals surface area contributed by atoms with Crippen LogP contribution in [-0.4, -0.2) is 36.2 Å². The maximum atomic E-state index is 13.2. The molecule has 0 bridgehead atoms. The van der Waals surface area contributed by atoms with Gasteiger partial charge in [-0.15, -0.1) is 0 Å². The number of alkyl halides is 3. The molecule has 0 radical (unpaired) electrons. The average molecular weight is 314 g/mol. The van der Waals surface area contributed by atoms with E-state index in [4.69, 9.17) is 9.15 Å². The number of halogens is 3. The summed E-state index contributed by atoms with van der Waals surface area (Å²) in [5, 5.41) is 0. The molecule has 2 aromatic rings. The molecule has 0 unspecified atom stereocenters. The van der Waals surface area contributed by atoms with Crippen molar-refractivity contribution in [2.75, 3.05) is 20.2 Å². The second-order valence-electron chi connectivity index (χ2n) is 5.60. The SMILES string of the molecule is CO[C@@H]1CCN(Cc2cc(C(F)(F)F)c3oc(C)nc3c2)C1. The Morgan fingerprint density at radius 2 is 2.18 bits per heavy atom. The number of hydrogen-bond acceptors (Lipinski definition) is 4. The van der Waals surface area contributed by atoms with Crippen molar-refractivity contribution in [3.05, 3.63) is 29.2 Å². The zero-order valence-corrected chi connectivity index (χ0v) is 12.4. The molecular formula is C15H17F3N2O2. The van der Waals surface area contributed by atoms with Gasteiger partial charge in [-0.3, -0.25) is 4.90 Å². The molecule has 0 spiro atoms. The zero-order valence-electron chi connectivity index (χ0n) is 12.4. The third-order valence-corrected chi connectivity index (χ3v) is 3.93. The molecular weight excluding hydrogens is 297 g/mol. The molecule has 1 aromatic heterocycles. The topological polar surface area (TPSA) is 38.5 Å². The van der Waals surface area contributed by atoms with Crippen molar-refractivity contribution in [2.45, 2.75) is 32.2 Å². The first-order chi connectivity index (χ1) is 10.4. The van der Waals surface area contributed by atoms with E-state index in [1.54, 1.807) is 20.1 Å². The fraction of sp³-hybridized carbons (Fsp3) is 0.533. The molecule has 22 heavy (non-hydrogen) atoms. The number of hydrogen-bond donors (Lipinski definition) is 0. The van der Waals surface area contributed by atoms with E-state index in [-0.39, 0.29) is 23.1 Å². The summed E-state index contributed by atoms with van der Waals surface area (Å²) in [7, 11) is 1.65. The summed E-state index contributed by atoms with van der Waals surface area (Å²) in [6.45, 7) is 3.54. The highest BCUT2D eigenvalue weighted by molar-refractivity contribution is 5.78. The summed E-state index contributed by atoms with van der Waals surface area (Å²) < 4.78 is 50.0. The Morgan fingerprint density at radius 3 is 2.82 bits per heavy atom. The van der Waals surface area contributed by atoms with E-state index < -0.39 is 11.7 Å². The van der Waals surface area contributed by atoms with E-state index >= 15 is 0 Å². The van der Waals surface area contributed by atoms with Crippen LogP contribution < -0.4 is 0 Å². The van der Waals surface area contributed by atoms with Gasteiger partial charge < -0.3 is 9.15 Å². The number of nitrogens with zero attached hydrogens (tertiary/aromatic N) is 2. The molecule has 4 nitrogen and oxygen atoms in total. The first-order valence-corrected chi connectivity index (χ1v) is 7.09. The second-order valence-corrected chi connectivity index (χ2v) is 5.60. The molecule has 0 N–H and O–H groups in total. The van der Waals surface area contributed by atoms with E-state index in [0.29, 0.717) is 12.1 Å². The Hall–Kier alpha value is -1.60. The molecule has 1 fully saturated rings. The molecule has 1 aromatic carbocycles. The predicted molar refractivity (Wildman–Crippen MR) is 74.4 cm³/mol. The van der Waals surface area contributed by atoms with Gasteiger partial charge in [-0.2, -0.15) is 13.2 Å². The van der Waals surface area contributed by atoms with E-state index in [1.807, 2.05) is 0 Å². The number of likely N-dealkylation sites (tertiary alicyclic amines) is 1. The first kappa shape index (κ1) is 15.3. The minimum Gasteiger partial charge on any atom is -0.440 e.